The number of allylic oxidation sites excluding steroid dienone is 1. The topological polar surface area (TPSA) is 75.6 Å². The molecule has 0 bridgehead atoms. The predicted octanol–water partition coefficient (Wildman–Crippen LogP) is 4.34. The molecule has 1 aliphatic rings. The van der Waals surface area contributed by atoms with E-state index in [2.05, 4.69) is 5.32 Å². The van der Waals surface area contributed by atoms with Crippen LogP contribution in [0.1, 0.15) is 5.56 Å². The van der Waals surface area contributed by atoms with Crippen molar-refractivity contribution < 1.29 is 19.4 Å². The highest BCUT2D eigenvalue weighted by atomic mass is 35.5. The highest BCUT2D eigenvalue weighted by Gasteiger charge is 2.36. The molecule has 3 rings (SSSR count). The van der Waals surface area contributed by atoms with Crippen LogP contribution in [0.5, 0.6) is 0 Å². The molecule has 0 atom stereocenters. The van der Waals surface area contributed by atoms with Crippen molar-refractivity contribution in [1.29, 1.82) is 0 Å². The molecule has 2 aromatic carbocycles. The third kappa shape index (κ3) is 3.52. The lowest BCUT2D eigenvalue weighted by Gasteiger charge is -2.08. The number of anilines is 1. The third-order valence-corrected chi connectivity index (χ3v) is 4.07. The normalized spacial score (nSPS) is 15.4. The molecule has 0 fully saturated rings. The molecule has 0 amide bonds. The Morgan fingerprint density at radius 2 is 1.68 bits per heavy atom. The monoisotopic (exact) mass is 375 g/mol. The van der Waals surface area contributed by atoms with E-state index >= 15 is 0 Å². The number of aliphatic carboxylic acids is 1. The zero-order valence-electron chi connectivity index (χ0n) is 12.6. The van der Waals surface area contributed by atoms with Crippen molar-refractivity contribution in [1.82, 2.24) is 0 Å². The Morgan fingerprint density at radius 3 is 2.28 bits per heavy atom. The van der Waals surface area contributed by atoms with Gasteiger partial charge in [-0.15, -0.1) is 0 Å². The van der Waals surface area contributed by atoms with Gasteiger partial charge < -0.3 is 15.2 Å². The van der Waals surface area contributed by atoms with Gasteiger partial charge in [0.2, 0.25) is 11.7 Å². The van der Waals surface area contributed by atoms with Crippen molar-refractivity contribution in [2.75, 3.05) is 5.32 Å². The number of carbonyl (C=O) groups excluding carboxylic acids is 1. The fourth-order valence-corrected chi connectivity index (χ4v) is 2.75. The van der Waals surface area contributed by atoms with Crippen molar-refractivity contribution >= 4 is 46.7 Å². The van der Waals surface area contributed by atoms with Gasteiger partial charge in [-0.3, -0.25) is 4.79 Å². The summed E-state index contributed by atoms with van der Waals surface area (Å²) >= 11 is 12.2. The number of benzene rings is 2. The average Bonchev–Trinajstić information content (AvgIpc) is 2.87. The highest BCUT2D eigenvalue weighted by Crippen LogP contribution is 2.32. The summed E-state index contributed by atoms with van der Waals surface area (Å²) < 4.78 is 5.45. The molecular weight excluding hydrogens is 365 g/mol. The first-order valence-corrected chi connectivity index (χ1v) is 7.91. The Balaban J connectivity index is 1.98. The number of ether oxygens (including phenoxy) is 1. The van der Waals surface area contributed by atoms with Gasteiger partial charge in [-0.2, -0.15) is 0 Å². The van der Waals surface area contributed by atoms with Gasteiger partial charge in [0.05, 0.1) is 0 Å². The molecule has 1 aliphatic heterocycles. The summed E-state index contributed by atoms with van der Waals surface area (Å²) in [5.41, 5.74) is 0.472. The van der Waals surface area contributed by atoms with E-state index < -0.39 is 17.3 Å². The Bertz CT molecular complexity index is 900. The first-order valence-electron chi connectivity index (χ1n) is 7.15. The van der Waals surface area contributed by atoms with E-state index in [4.69, 9.17) is 27.9 Å². The smallest absolute Gasteiger partial charge is 0.345 e. The maximum absolute atomic E-state index is 12.4. The van der Waals surface area contributed by atoms with Gasteiger partial charge in [0.1, 0.15) is 0 Å². The zero-order chi connectivity index (χ0) is 18.0. The van der Waals surface area contributed by atoms with Crippen molar-refractivity contribution in [2.24, 2.45) is 0 Å². The molecule has 2 N–H and O–H groups in total. The van der Waals surface area contributed by atoms with Crippen molar-refractivity contribution in [2.45, 2.75) is 0 Å². The molecule has 0 aliphatic carbocycles. The molecule has 0 saturated heterocycles. The predicted molar refractivity (Wildman–Crippen MR) is 95.3 cm³/mol. The van der Waals surface area contributed by atoms with E-state index in [1.807, 2.05) is 6.07 Å². The molecule has 1 heterocycles. The summed E-state index contributed by atoms with van der Waals surface area (Å²) in [6, 6.07) is 13.6. The number of para-hydroxylation sites is 1. The maximum atomic E-state index is 12.4. The molecule has 0 spiro atoms. The average molecular weight is 376 g/mol. The summed E-state index contributed by atoms with van der Waals surface area (Å²) in [6.07, 6.45) is 1.33. The van der Waals surface area contributed by atoms with Crippen LogP contribution in [-0.4, -0.2) is 16.9 Å². The Kier molecular flexibility index (Phi) is 4.79. The van der Waals surface area contributed by atoms with Crippen molar-refractivity contribution in [3.05, 3.63) is 81.4 Å². The van der Waals surface area contributed by atoms with Gasteiger partial charge in [0, 0.05) is 21.3 Å². The second-order valence-electron chi connectivity index (χ2n) is 5.08. The second-order valence-corrected chi connectivity index (χ2v) is 5.89. The van der Waals surface area contributed by atoms with Crippen LogP contribution in [0.25, 0.3) is 6.08 Å². The molecular formula is C18H11Cl2NO4. The van der Waals surface area contributed by atoms with Crippen LogP contribution in [0.3, 0.4) is 0 Å². The van der Waals surface area contributed by atoms with Crippen LogP contribution in [0.15, 0.2) is 65.7 Å². The van der Waals surface area contributed by atoms with Crippen LogP contribution >= 0.6 is 23.2 Å². The number of hydrogen-bond acceptors (Lipinski definition) is 4. The second kappa shape index (κ2) is 7.01. The maximum Gasteiger partial charge on any atom is 0.345 e. The highest BCUT2D eigenvalue weighted by molar-refractivity contribution is 6.37. The fourth-order valence-electron chi connectivity index (χ4n) is 2.24. The lowest BCUT2D eigenvalue weighted by Crippen LogP contribution is -2.12. The van der Waals surface area contributed by atoms with Crippen molar-refractivity contribution in [3.8, 4) is 0 Å². The zero-order valence-corrected chi connectivity index (χ0v) is 14.1. The molecule has 126 valence electrons. The summed E-state index contributed by atoms with van der Waals surface area (Å²) in [6.45, 7) is 0. The molecule has 25 heavy (non-hydrogen) atoms. The standard InChI is InChI=1S/C18H11Cl2NO4/c19-12-7-4-8-13(20)11(12)9-14-16(22)15(18(23)24)17(25-14)21-10-5-2-1-3-6-10/h1-9,21H,(H,23,24)/b14-9-. The third-order valence-electron chi connectivity index (χ3n) is 3.41. The molecule has 0 aromatic heterocycles. The molecule has 0 unspecified atom stereocenters. The molecule has 0 radical (unpaired) electrons. The van der Waals surface area contributed by atoms with E-state index in [9.17, 15) is 14.7 Å². The molecule has 5 nitrogen and oxygen atoms in total. The van der Waals surface area contributed by atoms with Crippen LogP contribution in [-0.2, 0) is 14.3 Å². The minimum Gasteiger partial charge on any atom is -0.477 e. The number of carboxylic acids is 1. The summed E-state index contributed by atoms with van der Waals surface area (Å²) in [4.78, 5) is 23.9. The molecule has 0 saturated carbocycles. The minimum absolute atomic E-state index is 0.155. The number of halogens is 2. The van der Waals surface area contributed by atoms with Crippen LogP contribution < -0.4 is 5.32 Å². The van der Waals surface area contributed by atoms with Gasteiger partial charge in [0.25, 0.3) is 0 Å². The molecule has 2 aromatic rings. The number of carboxylic acid groups (broad SMARTS) is 1. The first-order chi connectivity index (χ1) is 12.0. The van der Waals surface area contributed by atoms with Gasteiger partial charge in [0.15, 0.2) is 11.3 Å². The summed E-state index contributed by atoms with van der Waals surface area (Å²) in [5.74, 6) is -2.48. The van der Waals surface area contributed by atoms with Crippen LogP contribution in [0, 0.1) is 0 Å². The fraction of sp³-hybridized carbons (Fsp3) is 0. The Morgan fingerprint density at radius 1 is 1.04 bits per heavy atom. The Labute approximate surface area is 153 Å². The number of carbonyl (C=O) groups is 2. The van der Waals surface area contributed by atoms with Gasteiger partial charge >= 0.3 is 5.97 Å². The van der Waals surface area contributed by atoms with Crippen molar-refractivity contribution in [3.63, 3.8) is 0 Å². The lowest BCUT2D eigenvalue weighted by molar-refractivity contribution is -0.134. The van der Waals surface area contributed by atoms with Crippen LogP contribution in [0.4, 0.5) is 5.69 Å². The van der Waals surface area contributed by atoms with Gasteiger partial charge in [-0.05, 0) is 30.3 Å². The largest absolute Gasteiger partial charge is 0.477 e. The molecule has 7 heteroatoms. The number of Topliss-reactive ketones (excluding diaryl/α,β-unsaturated/α-hetero) is 1. The quantitative estimate of drug-likeness (QED) is 0.613. The summed E-state index contributed by atoms with van der Waals surface area (Å²) in [5, 5.41) is 12.8. The summed E-state index contributed by atoms with van der Waals surface area (Å²) in [7, 11) is 0. The van der Waals surface area contributed by atoms with Gasteiger partial charge in [-0.1, -0.05) is 47.5 Å². The lowest BCUT2D eigenvalue weighted by atomic mass is 10.1. The number of hydrogen-bond donors (Lipinski definition) is 2. The first kappa shape index (κ1) is 17.1. The number of nitrogens with one attached hydrogen (secondary N) is 1. The van der Waals surface area contributed by atoms with E-state index in [0.717, 1.165) is 0 Å². The number of ketones is 1. The van der Waals surface area contributed by atoms with Gasteiger partial charge in [-0.25, -0.2) is 4.79 Å². The van der Waals surface area contributed by atoms with Crippen LogP contribution in [0.2, 0.25) is 10.0 Å². The van der Waals surface area contributed by atoms with E-state index in [1.54, 1.807) is 42.5 Å². The Hall–Kier alpha value is -2.76. The van der Waals surface area contributed by atoms with E-state index in [-0.39, 0.29) is 11.6 Å². The van der Waals surface area contributed by atoms with E-state index in [0.29, 0.717) is 21.3 Å². The SMILES string of the molecule is O=C(O)C1=C(Nc2ccccc2)O/C(=C\c2c(Cl)cccc2Cl)C1=O. The minimum atomic E-state index is -1.39. The van der Waals surface area contributed by atoms with E-state index in [1.165, 1.54) is 6.08 Å². The number of rotatable bonds is 4.